The zero-order chi connectivity index (χ0) is 18.4. The number of ether oxygens (including phenoxy) is 1. The first-order chi connectivity index (χ1) is 12.6. The highest BCUT2D eigenvalue weighted by Crippen LogP contribution is 2.36. The molecule has 1 aliphatic rings. The number of hydrogen-bond acceptors (Lipinski definition) is 5. The monoisotopic (exact) mass is 369 g/mol. The summed E-state index contributed by atoms with van der Waals surface area (Å²) in [6, 6.07) is 12.6. The fourth-order valence-corrected chi connectivity index (χ4v) is 4.04. The second-order valence-corrected chi connectivity index (χ2v) is 7.11. The summed E-state index contributed by atoms with van der Waals surface area (Å²) in [7, 11) is 0. The summed E-state index contributed by atoms with van der Waals surface area (Å²) in [6.45, 7) is 1.65. The first-order valence-corrected chi connectivity index (χ1v) is 9.23. The molecule has 1 aromatic heterocycles. The molecule has 0 bridgehead atoms. The SMILES string of the molecule is N#Cc1ccccc1NC(=O)C(=O)NCC1(c2cccs2)CCOCC1. The van der Waals surface area contributed by atoms with Gasteiger partial charge in [0.15, 0.2) is 0 Å². The van der Waals surface area contributed by atoms with Crippen molar-refractivity contribution in [3.05, 3.63) is 52.2 Å². The van der Waals surface area contributed by atoms with E-state index in [2.05, 4.69) is 16.7 Å². The summed E-state index contributed by atoms with van der Waals surface area (Å²) < 4.78 is 5.46. The van der Waals surface area contributed by atoms with Crippen molar-refractivity contribution in [3.63, 3.8) is 0 Å². The van der Waals surface area contributed by atoms with Crippen LogP contribution in [0.3, 0.4) is 0 Å². The number of rotatable bonds is 4. The zero-order valence-electron chi connectivity index (χ0n) is 14.2. The summed E-state index contributed by atoms with van der Waals surface area (Å²) in [5, 5.41) is 16.3. The second kappa shape index (κ2) is 8.13. The van der Waals surface area contributed by atoms with Crippen molar-refractivity contribution in [1.29, 1.82) is 5.26 Å². The Morgan fingerprint density at radius 3 is 2.62 bits per heavy atom. The third kappa shape index (κ3) is 3.93. The zero-order valence-corrected chi connectivity index (χ0v) is 15.0. The van der Waals surface area contributed by atoms with E-state index in [1.807, 2.05) is 17.5 Å². The van der Waals surface area contributed by atoms with E-state index in [4.69, 9.17) is 10.00 Å². The fourth-order valence-electron chi connectivity index (χ4n) is 3.05. The molecule has 0 aliphatic carbocycles. The number of carbonyl (C=O) groups excluding carboxylic acids is 2. The maximum atomic E-state index is 12.3. The Labute approximate surface area is 155 Å². The molecule has 0 spiro atoms. The number of nitriles is 1. The molecule has 2 aromatic rings. The van der Waals surface area contributed by atoms with Crippen molar-refractivity contribution >= 4 is 28.8 Å². The lowest BCUT2D eigenvalue weighted by atomic mass is 9.78. The largest absolute Gasteiger partial charge is 0.381 e. The molecule has 0 atom stereocenters. The molecule has 2 N–H and O–H groups in total. The number of carbonyl (C=O) groups is 2. The molecule has 1 saturated heterocycles. The van der Waals surface area contributed by atoms with Crippen LogP contribution in [0.15, 0.2) is 41.8 Å². The molecule has 134 valence electrons. The summed E-state index contributed by atoms with van der Waals surface area (Å²) in [6.07, 6.45) is 1.60. The maximum absolute atomic E-state index is 12.3. The number of para-hydroxylation sites is 1. The van der Waals surface area contributed by atoms with E-state index in [1.165, 1.54) is 4.88 Å². The number of hydrogen-bond donors (Lipinski definition) is 2. The van der Waals surface area contributed by atoms with E-state index >= 15 is 0 Å². The summed E-state index contributed by atoms with van der Waals surface area (Å²) in [4.78, 5) is 25.6. The van der Waals surface area contributed by atoms with Crippen LogP contribution in [0.2, 0.25) is 0 Å². The lowest BCUT2D eigenvalue weighted by Gasteiger charge is -2.36. The van der Waals surface area contributed by atoms with E-state index < -0.39 is 11.8 Å². The van der Waals surface area contributed by atoms with Gasteiger partial charge in [0, 0.05) is 30.1 Å². The smallest absolute Gasteiger partial charge is 0.313 e. The molecular weight excluding hydrogens is 350 g/mol. The number of nitrogens with zero attached hydrogens (tertiary/aromatic N) is 1. The van der Waals surface area contributed by atoms with Gasteiger partial charge in [0.25, 0.3) is 0 Å². The Bertz CT molecular complexity index is 821. The van der Waals surface area contributed by atoms with Gasteiger partial charge in [0.2, 0.25) is 0 Å². The topological polar surface area (TPSA) is 91.2 Å². The molecule has 26 heavy (non-hydrogen) atoms. The summed E-state index contributed by atoms with van der Waals surface area (Å²) in [5.41, 5.74) is 0.440. The molecule has 0 unspecified atom stereocenters. The first kappa shape index (κ1) is 18.1. The maximum Gasteiger partial charge on any atom is 0.313 e. The fraction of sp³-hybridized carbons (Fsp3) is 0.316. The van der Waals surface area contributed by atoms with Gasteiger partial charge in [0.05, 0.1) is 11.3 Å². The van der Waals surface area contributed by atoms with Crippen molar-refractivity contribution in [1.82, 2.24) is 5.32 Å². The van der Waals surface area contributed by atoms with Gasteiger partial charge < -0.3 is 15.4 Å². The highest BCUT2D eigenvalue weighted by molar-refractivity contribution is 7.10. The van der Waals surface area contributed by atoms with Gasteiger partial charge in [-0.05, 0) is 36.4 Å². The van der Waals surface area contributed by atoms with Crippen LogP contribution in [-0.2, 0) is 19.7 Å². The van der Waals surface area contributed by atoms with Crippen molar-refractivity contribution in [3.8, 4) is 6.07 Å². The van der Waals surface area contributed by atoms with Gasteiger partial charge in [-0.2, -0.15) is 5.26 Å². The van der Waals surface area contributed by atoms with E-state index in [9.17, 15) is 9.59 Å². The van der Waals surface area contributed by atoms with Crippen LogP contribution in [-0.4, -0.2) is 31.6 Å². The second-order valence-electron chi connectivity index (χ2n) is 6.16. The van der Waals surface area contributed by atoms with Gasteiger partial charge in [-0.1, -0.05) is 18.2 Å². The highest BCUT2D eigenvalue weighted by atomic mass is 32.1. The van der Waals surface area contributed by atoms with Crippen molar-refractivity contribution in [2.45, 2.75) is 18.3 Å². The number of benzene rings is 1. The van der Waals surface area contributed by atoms with Crippen molar-refractivity contribution in [2.24, 2.45) is 0 Å². The predicted molar refractivity (Wildman–Crippen MR) is 98.8 cm³/mol. The van der Waals surface area contributed by atoms with Crippen LogP contribution in [0, 0.1) is 11.3 Å². The Hall–Kier alpha value is -2.69. The minimum atomic E-state index is -0.777. The number of anilines is 1. The lowest BCUT2D eigenvalue weighted by Crippen LogP contribution is -2.46. The molecule has 2 heterocycles. The van der Waals surface area contributed by atoms with Crippen molar-refractivity contribution < 1.29 is 14.3 Å². The van der Waals surface area contributed by atoms with Crippen LogP contribution in [0.5, 0.6) is 0 Å². The number of amides is 2. The van der Waals surface area contributed by atoms with E-state index in [-0.39, 0.29) is 5.41 Å². The Morgan fingerprint density at radius 1 is 1.15 bits per heavy atom. The molecule has 7 heteroatoms. The van der Waals surface area contributed by atoms with E-state index in [1.54, 1.807) is 35.6 Å². The molecule has 2 amide bonds. The molecule has 0 radical (unpaired) electrons. The molecule has 1 aliphatic heterocycles. The molecular formula is C19H19N3O3S. The average Bonchev–Trinajstić information content (AvgIpc) is 3.23. The van der Waals surface area contributed by atoms with E-state index in [0.29, 0.717) is 31.0 Å². The van der Waals surface area contributed by atoms with E-state index in [0.717, 1.165) is 12.8 Å². The molecule has 6 nitrogen and oxygen atoms in total. The van der Waals surface area contributed by atoms with Gasteiger partial charge >= 0.3 is 11.8 Å². The Morgan fingerprint density at radius 2 is 1.92 bits per heavy atom. The number of thiophene rings is 1. The Balaban J connectivity index is 1.65. The standard InChI is InChI=1S/C19H19N3O3S/c20-12-14-4-1-2-5-15(14)22-18(24)17(23)21-13-19(7-9-25-10-8-19)16-6-3-11-26-16/h1-6,11H,7-10,13H2,(H,21,23)(H,22,24). The molecule has 0 saturated carbocycles. The molecule has 1 fully saturated rings. The minimum absolute atomic E-state index is 0.201. The van der Waals surface area contributed by atoms with Crippen LogP contribution >= 0.6 is 11.3 Å². The summed E-state index contributed by atoms with van der Waals surface area (Å²) in [5.74, 6) is -1.48. The first-order valence-electron chi connectivity index (χ1n) is 8.35. The quantitative estimate of drug-likeness (QED) is 0.810. The van der Waals surface area contributed by atoms with Crippen LogP contribution < -0.4 is 10.6 Å². The highest BCUT2D eigenvalue weighted by Gasteiger charge is 2.36. The van der Waals surface area contributed by atoms with Gasteiger partial charge in [-0.3, -0.25) is 9.59 Å². The molecule has 1 aromatic carbocycles. The lowest BCUT2D eigenvalue weighted by molar-refractivity contribution is -0.136. The van der Waals surface area contributed by atoms with Crippen LogP contribution in [0.1, 0.15) is 23.3 Å². The van der Waals surface area contributed by atoms with Gasteiger partial charge in [0.1, 0.15) is 6.07 Å². The summed E-state index contributed by atoms with van der Waals surface area (Å²) >= 11 is 1.65. The average molecular weight is 369 g/mol. The third-order valence-corrected chi connectivity index (χ3v) is 5.70. The van der Waals surface area contributed by atoms with Crippen LogP contribution in [0.4, 0.5) is 5.69 Å². The van der Waals surface area contributed by atoms with Gasteiger partial charge in [-0.15, -0.1) is 11.3 Å². The Kier molecular flexibility index (Phi) is 5.66. The van der Waals surface area contributed by atoms with Gasteiger partial charge in [-0.25, -0.2) is 0 Å². The van der Waals surface area contributed by atoms with Crippen molar-refractivity contribution in [2.75, 3.05) is 25.1 Å². The van der Waals surface area contributed by atoms with Crippen LogP contribution in [0.25, 0.3) is 0 Å². The predicted octanol–water partition coefficient (Wildman–Crippen LogP) is 2.42. The molecule has 3 rings (SSSR count). The normalized spacial score (nSPS) is 15.7. The number of nitrogens with one attached hydrogen (secondary N) is 2. The minimum Gasteiger partial charge on any atom is -0.381 e. The third-order valence-electron chi connectivity index (χ3n) is 4.58.